The van der Waals surface area contributed by atoms with E-state index < -0.39 is 10.5 Å². The van der Waals surface area contributed by atoms with Crippen molar-refractivity contribution in [3.63, 3.8) is 0 Å². The van der Waals surface area contributed by atoms with Gasteiger partial charge in [0.05, 0.1) is 0 Å². The Morgan fingerprint density at radius 3 is 1.88 bits per heavy atom. The zero-order valence-corrected chi connectivity index (χ0v) is 6.42. The Bertz CT molecular complexity index is 155. The standard InChI is InChI=1S/C3H8N3S2/c1-5-8(6-2)3(4)7/h1-2H3,(H2,4,7)/q-1. The molecular weight excluding hydrogens is 142 g/mol. The van der Waals surface area contributed by atoms with Crippen molar-refractivity contribution < 1.29 is 0 Å². The summed E-state index contributed by atoms with van der Waals surface area (Å²) < 4.78 is 7.96. The molecule has 8 heavy (non-hydrogen) atoms. The van der Waals surface area contributed by atoms with Crippen LogP contribution in [0.4, 0.5) is 0 Å². The second kappa shape index (κ2) is 3.80. The minimum absolute atomic E-state index is 0.356. The van der Waals surface area contributed by atoms with Gasteiger partial charge in [-0.05, 0) is 14.1 Å². The highest BCUT2D eigenvalue weighted by Crippen LogP contribution is 1.76. The zero-order chi connectivity index (χ0) is 6.57. The first-order valence-electron chi connectivity index (χ1n) is 1.96. The van der Waals surface area contributed by atoms with Crippen molar-refractivity contribution >= 4 is 27.0 Å². The molecule has 2 N–H and O–H groups in total. The van der Waals surface area contributed by atoms with E-state index >= 15 is 0 Å². The van der Waals surface area contributed by atoms with Gasteiger partial charge in [-0.15, -0.1) is 0 Å². The van der Waals surface area contributed by atoms with Gasteiger partial charge in [0.15, 0.2) is 0 Å². The van der Waals surface area contributed by atoms with Crippen LogP contribution in [0.25, 0.3) is 0 Å². The summed E-state index contributed by atoms with van der Waals surface area (Å²) in [6, 6.07) is 0. The Hall–Kier alpha value is -0.160. The van der Waals surface area contributed by atoms with E-state index in [-0.39, 0.29) is 0 Å². The van der Waals surface area contributed by atoms with Crippen LogP contribution >= 0.6 is 12.2 Å². The number of hydrogen-bond acceptors (Lipinski definition) is 4. The fraction of sp³-hybridized carbons (Fsp3) is 0.667. The maximum absolute atomic E-state index is 5.21. The third-order valence-electron chi connectivity index (χ3n) is 0.526. The molecule has 0 aromatic rings. The van der Waals surface area contributed by atoms with Crippen LogP contribution < -0.4 is 5.73 Å². The molecular formula is C3H8N3S2-. The van der Waals surface area contributed by atoms with Gasteiger partial charge in [0.1, 0.15) is 0 Å². The molecule has 0 aliphatic heterocycles. The molecule has 0 unspecified atom stereocenters. The van der Waals surface area contributed by atoms with Crippen LogP contribution in [0.1, 0.15) is 0 Å². The summed E-state index contributed by atoms with van der Waals surface area (Å²) in [6.45, 7) is 0. The number of nitrogens with two attached hydrogens (primary N) is 1. The molecule has 0 bridgehead atoms. The van der Waals surface area contributed by atoms with Crippen LogP contribution in [0.3, 0.4) is 0 Å². The zero-order valence-electron chi connectivity index (χ0n) is 4.79. The third kappa shape index (κ3) is 2.23. The average molecular weight is 150 g/mol. The Kier molecular flexibility index (Phi) is 3.72. The largest absolute Gasteiger partial charge is 0.416 e. The van der Waals surface area contributed by atoms with Gasteiger partial charge in [-0.3, -0.25) is 10.5 Å². The fourth-order valence-electron chi connectivity index (χ4n) is 0.262. The van der Waals surface area contributed by atoms with Crippen LogP contribution in [-0.2, 0) is 10.5 Å². The van der Waals surface area contributed by atoms with Gasteiger partial charge in [0.25, 0.3) is 0 Å². The van der Waals surface area contributed by atoms with Crippen LogP contribution in [-0.4, -0.2) is 18.4 Å². The molecule has 0 fully saturated rings. The van der Waals surface area contributed by atoms with E-state index in [0.29, 0.717) is 4.32 Å². The summed E-state index contributed by atoms with van der Waals surface area (Å²) in [5, 5.41) is 0. The van der Waals surface area contributed by atoms with Gasteiger partial charge in [0.2, 0.25) is 0 Å². The summed E-state index contributed by atoms with van der Waals surface area (Å²) in [7, 11) is 2.77. The van der Waals surface area contributed by atoms with Crippen molar-refractivity contribution in [3.8, 4) is 0 Å². The van der Waals surface area contributed by atoms with Gasteiger partial charge >= 0.3 is 0 Å². The predicted molar refractivity (Wildman–Crippen MR) is 40.9 cm³/mol. The first kappa shape index (κ1) is 7.84. The quantitative estimate of drug-likeness (QED) is 0.403. The molecule has 0 aromatic heterocycles. The maximum Gasteiger partial charge on any atom is 0.00268 e. The van der Waals surface area contributed by atoms with Crippen LogP contribution in [0.2, 0.25) is 0 Å². The van der Waals surface area contributed by atoms with E-state index in [0.717, 1.165) is 0 Å². The minimum Gasteiger partial charge on any atom is -0.416 e. The lowest BCUT2D eigenvalue weighted by Gasteiger charge is -2.02. The molecule has 0 saturated carbocycles. The smallest absolute Gasteiger partial charge is 0.00268 e. The van der Waals surface area contributed by atoms with E-state index in [1.165, 1.54) is 0 Å². The molecule has 5 heteroatoms. The molecule has 48 valence electrons. The number of rotatable bonds is 0. The minimum atomic E-state index is -0.531. The second-order valence-electron chi connectivity index (χ2n) is 0.948. The Balaban J connectivity index is 4.41. The van der Waals surface area contributed by atoms with Crippen LogP contribution in [0, 0.1) is 0 Å². The fourth-order valence-corrected chi connectivity index (χ4v) is 1.23. The van der Waals surface area contributed by atoms with Crippen molar-refractivity contribution in [1.82, 2.24) is 0 Å². The van der Waals surface area contributed by atoms with Gasteiger partial charge in [0, 0.05) is 4.32 Å². The highest BCUT2D eigenvalue weighted by molar-refractivity contribution is 8.08. The molecule has 0 aromatic carbocycles. The van der Waals surface area contributed by atoms with Crippen molar-refractivity contribution in [2.75, 3.05) is 14.1 Å². The second-order valence-corrected chi connectivity index (χ2v) is 3.35. The van der Waals surface area contributed by atoms with Gasteiger partial charge in [-0.2, -0.15) is 0 Å². The molecule has 0 rings (SSSR count). The number of hydrogen-bond donors (Lipinski definition) is 1. The van der Waals surface area contributed by atoms with Crippen molar-refractivity contribution in [2.45, 2.75) is 0 Å². The summed E-state index contributed by atoms with van der Waals surface area (Å²) in [4.78, 5) is 0. The normalized spacial score (nSPS) is 14.2. The molecule has 0 heterocycles. The highest BCUT2D eigenvalue weighted by Gasteiger charge is 1.63. The maximum atomic E-state index is 5.21. The average Bonchev–Trinajstić information content (AvgIpc) is 1.69. The lowest BCUT2D eigenvalue weighted by molar-refractivity contribution is 1.47. The first-order valence-corrected chi connectivity index (χ1v) is 3.50. The predicted octanol–water partition coefficient (Wildman–Crippen LogP) is 0.475. The molecule has 0 aliphatic rings. The molecule has 0 saturated heterocycles. The van der Waals surface area contributed by atoms with Crippen LogP contribution in [0.5, 0.6) is 0 Å². The van der Waals surface area contributed by atoms with Crippen molar-refractivity contribution in [2.24, 2.45) is 14.5 Å². The van der Waals surface area contributed by atoms with E-state index in [1.807, 2.05) is 0 Å². The molecule has 0 amide bonds. The summed E-state index contributed by atoms with van der Waals surface area (Å²) in [6.07, 6.45) is 0. The van der Waals surface area contributed by atoms with Gasteiger partial charge < -0.3 is 14.5 Å². The first-order chi connectivity index (χ1) is 3.72. The molecule has 3 nitrogen and oxygen atoms in total. The summed E-state index contributed by atoms with van der Waals surface area (Å²) in [5.74, 6) is 0. The highest BCUT2D eigenvalue weighted by atomic mass is 32.2. The van der Waals surface area contributed by atoms with Crippen LogP contribution in [0.15, 0.2) is 8.73 Å². The van der Waals surface area contributed by atoms with Crippen molar-refractivity contribution in [1.29, 1.82) is 0 Å². The van der Waals surface area contributed by atoms with Gasteiger partial charge in [-0.25, -0.2) is 0 Å². The molecule has 0 aliphatic carbocycles. The summed E-state index contributed by atoms with van der Waals surface area (Å²) in [5.41, 5.74) is 5.21. The number of nitrogens with zero attached hydrogens (tertiary/aromatic N) is 2. The Labute approximate surface area is 56.1 Å². The topological polar surface area (TPSA) is 50.7 Å². The lowest BCUT2D eigenvalue weighted by Crippen LogP contribution is -2.08. The van der Waals surface area contributed by atoms with E-state index in [2.05, 4.69) is 20.9 Å². The van der Waals surface area contributed by atoms with Crippen molar-refractivity contribution in [3.05, 3.63) is 0 Å². The molecule has 0 spiro atoms. The lowest BCUT2D eigenvalue weighted by atomic mass is 11.5. The van der Waals surface area contributed by atoms with E-state index in [1.54, 1.807) is 14.1 Å². The molecule has 0 atom stereocenters. The third-order valence-corrected chi connectivity index (χ3v) is 2.02. The van der Waals surface area contributed by atoms with Gasteiger partial charge in [-0.1, -0.05) is 12.2 Å². The Morgan fingerprint density at radius 1 is 1.50 bits per heavy atom. The Morgan fingerprint density at radius 2 is 1.88 bits per heavy atom. The number of thiocarbonyl (C=S) groups is 1. The monoisotopic (exact) mass is 150 g/mol. The van der Waals surface area contributed by atoms with E-state index in [9.17, 15) is 0 Å². The van der Waals surface area contributed by atoms with E-state index in [4.69, 9.17) is 5.73 Å². The molecule has 0 radical (unpaired) electrons. The SMILES string of the molecule is CN=[S-](=NC)C(N)=S. The summed E-state index contributed by atoms with van der Waals surface area (Å²) >= 11 is 4.62.